The van der Waals surface area contributed by atoms with Crippen LogP contribution in [-0.2, 0) is 4.74 Å². The highest BCUT2D eigenvalue weighted by atomic mass is 16.5. The minimum atomic E-state index is 0.207. The van der Waals surface area contributed by atoms with Gasteiger partial charge in [-0.3, -0.25) is 0 Å². The molecular weight excluding hydrogens is 238 g/mol. The Kier molecular flexibility index (Phi) is 3.76. The van der Waals surface area contributed by atoms with E-state index in [0.29, 0.717) is 6.04 Å². The number of ether oxygens (including phenoxy) is 2. The summed E-state index contributed by atoms with van der Waals surface area (Å²) in [5.41, 5.74) is 1.56. The average molecular weight is 261 g/mol. The van der Waals surface area contributed by atoms with Gasteiger partial charge in [0, 0.05) is 11.5 Å². The Hall–Kier alpha value is -1.06. The number of nitrogens with one attached hydrogen (secondary N) is 1. The van der Waals surface area contributed by atoms with Gasteiger partial charge >= 0.3 is 0 Å². The largest absolute Gasteiger partial charge is 0.493 e. The molecule has 0 spiro atoms. The van der Waals surface area contributed by atoms with Crippen LogP contribution in [0.15, 0.2) is 24.3 Å². The SMILES string of the molecule is CC1(COc2cccc(C3CCCCN3)c2)COC1. The van der Waals surface area contributed by atoms with Gasteiger partial charge in [0.05, 0.1) is 19.8 Å². The summed E-state index contributed by atoms with van der Waals surface area (Å²) in [5, 5.41) is 3.58. The van der Waals surface area contributed by atoms with Crippen LogP contribution >= 0.6 is 0 Å². The normalized spacial score (nSPS) is 25.6. The van der Waals surface area contributed by atoms with Crippen LogP contribution in [0.5, 0.6) is 5.75 Å². The Labute approximate surface area is 115 Å². The molecule has 3 rings (SSSR count). The molecule has 2 heterocycles. The summed E-state index contributed by atoms with van der Waals surface area (Å²) in [4.78, 5) is 0. The van der Waals surface area contributed by atoms with Gasteiger partial charge in [-0.1, -0.05) is 25.5 Å². The number of benzene rings is 1. The van der Waals surface area contributed by atoms with Crippen molar-refractivity contribution in [1.29, 1.82) is 0 Å². The highest BCUT2D eigenvalue weighted by Gasteiger charge is 2.34. The molecule has 3 nitrogen and oxygen atoms in total. The first-order valence-corrected chi connectivity index (χ1v) is 7.29. The zero-order chi connectivity index (χ0) is 13.1. The van der Waals surface area contributed by atoms with Gasteiger partial charge in [0.25, 0.3) is 0 Å². The molecule has 0 saturated carbocycles. The second kappa shape index (κ2) is 5.51. The maximum absolute atomic E-state index is 5.94. The molecule has 3 heteroatoms. The smallest absolute Gasteiger partial charge is 0.119 e. The molecule has 2 saturated heterocycles. The first kappa shape index (κ1) is 12.9. The molecular formula is C16H23NO2. The summed E-state index contributed by atoms with van der Waals surface area (Å²) in [5.74, 6) is 0.984. The van der Waals surface area contributed by atoms with Crippen molar-refractivity contribution in [1.82, 2.24) is 5.32 Å². The van der Waals surface area contributed by atoms with E-state index >= 15 is 0 Å². The molecule has 1 atom stereocenters. The van der Waals surface area contributed by atoms with Gasteiger partial charge in [-0.2, -0.15) is 0 Å². The lowest BCUT2D eigenvalue weighted by Gasteiger charge is -2.37. The van der Waals surface area contributed by atoms with Crippen LogP contribution in [0.25, 0.3) is 0 Å². The van der Waals surface area contributed by atoms with Gasteiger partial charge in [-0.05, 0) is 37.1 Å². The second-order valence-corrected chi connectivity index (χ2v) is 6.17. The molecule has 0 aliphatic carbocycles. The molecule has 0 aromatic heterocycles. The van der Waals surface area contributed by atoms with Crippen LogP contribution in [0.2, 0.25) is 0 Å². The van der Waals surface area contributed by atoms with Crippen molar-refractivity contribution < 1.29 is 9.47 Å². The fourth-order valence-corrected chi connectivity index (χ4v) is 2.75. The van der Waals surface area contributed by atoms with Gasteiger partial charge < -0.3 is 14.8 Å². The van der Waals surface area contributed by atoms with Crippen molar-refractivity contribution in [2.45, 2.75) is 32.2 Å². The lowest BCUT2D eigenvalue weighted by atomic mass is 9.90. The average Bonchev–Trinajstić information content (AvgIpc) is 2.44. The van der Waals surface area contributed by atoms with Gasteiger partial charge in [0.15, 0.2) is 0 Å². The standard InChI is InChI=1S/C16H23NO2/c1-16(10-18-11-16)12-19-14-6-4-5-13(9-14)15-7-2-3-8-17-15/h4-6,9,15,17H,2-3,7-8,10-12H2,1H3. The predicted octanol–water partition coefficient (Wildman–Crippen LogP) is 2.92. The summed E-state index contributed by atoms with van der Waals surface area (Å²) in [6.07, 6.45) is 3.85. The third kappa shape index (κ3) is 3.10. The summed E-state index contributed by atoms with van der Waals surface area (Å²) in [6, 6.07) is 9.03. The van der Waals surface area contributed by atoms with E-state index in [9.17, 15) is 0 Å². The number of hydrogen-bond donors (Lipinski definition) is 1. The lowest BCUT2D eigenvalue weighted by Crippen LogP contribution is -2.44. The summed E-state index contributed by atoms with van der Waals surface area (Å²) >= 11 is 0. The molecule has 2 aliphatic heterocycles. The van der Waals surface area contributed by atoms with E-state index in [0.717, 1.165) is 32.1 Å². The van der Waals surface area contributed by atoms with E-state index in [1.54, 1.807) is 0 Å². The molecule has 1 aromatic rings. The predicted molar refractivity (Wildman–Crippen MR) is 75.5 cm³/mol. The first-order chi connectivity index (χ1) is 9.25. The van der Waals surface area contributed by atoms with E-state index in [2.05, 4.69) is 36.5 Å². The van der Waals surface area contributed by atoms with E-state index < -0.39 is 0 Å². The molecule has 19 heavy (non-hydrogen) atoms. The molecule has 2 aliphatic rings. The molecule has 0 amide bonds. The molecule has 1 N–H and O–H groups in total. The molecule has 1 unspecified atom stereocenters. The van der Waals surface area contributed by atoms with Crippen LogP contribution < -0.4 is 10.1 Å². The Bertz CT molecular complexity index is 423. The van der Waals surface area contributed by atoms with E-state index in [-0.39, 0.29) is 5.41 Å². The van der Waals surface area contributed by atoms with Crippen molar-refractivity contribution >= 4 is 0 Å². The van der Waals surface area contributed by atoms with Crippen molar-refractivity contribution in [3.63, 3.8) is 0 Å². The van der Waals surface area contributed by atoms with Crippen molar-refractivity contribution in [3.8, 4) is 5.75 Å². The number of piperidine rings is 1. The summed E-state index contributed by atoms with van der Waals surface area (Å²) in [7, 11) is 0. The van der Waals surface area contributed by atoms with Crippen LogP contribution in [0.1, 0.15) is 37.8 Å². The molecule has 1 aromatic carbocycles. The Morgan fingerprint density at radius 2 is 2.26 bits per heavy atom. The summed E-state index contributed by atoms with van der Waals surface area (Å²) < 4.78 is 11.2. The number of rotatable bonds is 4. The molecule has 104 valence electrons. The molecule has 0 radical (unpaired) electrons. The van der Waals surface area contributed by atoms with E-state index in [1.165, 1.54) is 24.8 Å². The van der Waals surface area contributed by atoms with Crippen LogP contribution in [-0.4, -0.2) is 26.4 Å². The second-order valence-electron chi connectivity index (χ2n) is 6.17. The topological polar surface area (TPSA) is 30.5 Å². The maximum atomic E-state index is 5.94. The van der Waals surface area contributed by atoms with Crippen molar-refractivity contribution in [3.05, 3.63) is 29.8 Å². The third-order valence-electron chi connectivity index (χ3n) is 4.06. The molecule has 2 fully saturated rings. The number of hydrogen-bond acceptors (Lipinski definition) is 3. The summed E-state index contributed by atoms with van der Waals surface area (Å²) in [6.45, 7) is 5.72. The van der Waals surface area contributed by atoms with E-state index in [1.807, 2.05) is 0 Å². The molecule has 0 bridgehead atoms. The van der Waals surface area contributed by atoms with Gasteiger partial charge in [-0.25, -0.2) is 0 Å². The highest BCUT2D eigenvalue weighted by molar-refractivity contribution is 5.31. The maximum Gasteiger partial charge on any atom is 0.119 e. The quantitative estimate of drug-likeness (QED) is 0.904. The fourth-order valence-electron chi connectivity index (χ4n) is 2.75. The Balaban J connectivity index is 1.62. The minimum Gasteiger partial charge on any atom is -0.493 e. The van der Waals surface area contributed by atoms with Crippen molar-refractivity contribution in [2.75, 3.05) is 26.4 Å². The van der Waals surface area contributed by atoms with Crippen LogP contribution in [0.3, 0.4) is 0 Å². The lowest BCUT2D eigenvalue weighted by molar-refractivity contribution is -0.120. The Morgan fingerprint density at radius 3 is 2.95 bits per heavy atom. The third-order valence-corrected chi connectivity index (χ3v) is 4.06. The zero-order valence-corrected chi connectivity index (χ0v) is 11.7. The Morgan fingerprint density at radius 1 is 1.37 bits per heavy atom. The highest BCUT2D eigenvalue weighted by Crippen LogP contribution is 2.29. The zero-order valence-electron chi connectivity index (χ0n) is 11.7. The van der Waals surface area contributed by atoms with E-state index in [4.69, 9.17) is 9.47 Å². The first-order valence-electron chi connectivity index (χ1n) is 7.29. The monoisotopic (exact) mass is 261 g/mol. The van der Waals surface area contributed by atoms with Gasteiger partial charge in [0.1, 0.15) is 5.75 Å². The van der Waals surface area contributed by atoms with Crippen molar-refractivity contribution in [2.24, 2.45) is 5.41 Å². The fraction of sp³-hybridized carbons (Fsp3) is 0.625. The minimum absolute atomic E-state index is 0.207. The van der Waals surface area contributed by atoms with Gasteiger partial charge in [0.2, 0.25) is 0 Å². The van der Waals surface area contributed by atoms with Gasteiger partial charge in [-0.15, -0.1) is 0 Å². The van der Waals surface area contributed by atoms with Crippen LogP contribution in [0.4, 0.5) is 0 Å². The van der Waals surface area contributed by atoms with Crippen LogP contribution in [0, 0.1) is 5.41 Å².